The fourth-order valence-electron chi connectivity index (χ4n) is 4.38. The second kappa shape index (κ2) is 7.90. The van der Waals surface area contributed by atoms with E-state index in [4.69, 9.17) is 16.7 Å². The van der Waals surface area contributed by atoms with Crippen LogP contribution in [0.5, 0.6) is 0 Å². The first-order valence-electron chi connectivity index (χ1n) is 10.1. The lowest BCUT2D eigenvalue weighted by molar-refractivity contribution is -0.138. The van der Waals surface area contributed by atoms with Crippen molar-refractivity contribution in [1.29, 1.82) is 0 Å². The molecule has 4 nitrogen and oxygen atoms in total. The molecule has 5 heteroatoms. The molecule has 0 aromatic heterocycles. The number of aryl methyl sites for hydroxylation is 1. The number of halogens is 1. The van der Waals surface area contributed by atoms with Gasteiger partial charge in [0.25, 0.3) is 0 Å². The van der Waals surface area contributed by atoms with E-state index in [1.165, 1.54) is 5.57 Å². The molecule has 0 spiro atoms. The normalized spacial score (nSPS) is 22.2. The van der Waals surface area contributed by atoms with Crippen LogP contribution in [-0.2, 0) is 21.4 Å². The Morgan fingerprint density at radius 1 is 1.32 bits per heavy atom. The van der Waals surface area contributed by atoms with Crippen LogP contribution in [0.3, 0.4) is 0 Å². The Morgan fingerprint density at radius 2 is 2.07 bits per heavy atom. The van der Waals surface area contributed by atoms with Crippen LogP contribution in [0.15, 0.2) is 30.0 Å². The number of allylic oxidation sites excluding steroid dienone is 1. The minimum absolute atomic E-state index is 0.000156. The third-order valence-electron chi connectivity index (χ3n) is 6.07. The van der Waals surface area contributed by atoms with Gasteiger partial charge >= 0.3 is 5.97 Å². The molecule has 2 aliphatic rings. The predicted molar refractivity (Wildman–Crippen MR) is 111 cm³/mol. The van der Waals surface area contributed by atoms with Gasteiger partial charge in [0.2, 0.25) is 5.91 Å². The summed E-state index contributed by atoms with van der Waals surface area (Å²) in [4.78, 5) is 25.2. The van der Waals surface area contributed by atoms with Gasteiger partial charge in [-0.2, -0.15) is 0 Å². The van der Waals surface area contributed by atoms with Crippen LogP contribution >= 0.6 is 11.6 Å². The van der Waals surface area contributed by atoms with E-state index in [0.717, 1.165) is 48.3 Å². The van der Waals surface area contributed by atoms with Crippen molar-refractivity contribution in [2.75, 3.05) is 6.54 Å². The van der Waals surface area contributed by atoms with Gasteiger partial charge in [-0.15, -0.1) is 0 Å². The molecule has 1 amide bonds. The lowest BCUT2D eigenvalue weighted by Crippen LogP contribution is -2.41. The molecule has 0 radical (unpaired) electrons. The van der Waals surface area contributed by atoms with Crippen LogP contribution in [0.2, 0.25) is 5.02 Å². The third-order valence-corrected chi connectivity index (χ3v) is 6.42. The molecule has 1 aliphatic carbocycles. The van der Waals surface area contributed by atoms with Crippen LogP contribution in [0.1, 0.15) is 70.4 Å². The summed E-state index contributed by atoms with van der Waals surface area (Å²) in [6.45, 7) is 6.93. The quantitative estimate of drug-likeness (QED) is 0.698. The topological polar surface area (TPSA) is 57.6 Å². The highest BCUT2D eigenvalue weighted by Gasteiger charge is 2.45. The molecule has 152 valence electrons. The monoisotopic (exact) mass is 403 g/mol. The fraction of sp³-hybridized carbons (Fsp3) is 0.565. The van der Waals surface area contributed by atoms with E-state index in [-0.39, 0.29) is 29.7 Å². The van der Waals surface area contributed by atoms with Gasteiger partial charge in [0, 0.05) is 29.6 Å². The number of carboxylic acids is 1. The van der Waals surface area contributed by atoms with Crippen molar-refractivity contribution >= 4 is 23.5 Å². The number of rotatable bonds is 6. The Bertz CT molecular complexity index is 809. The van der Waals surface area contributed by atoms with Crippen molar-refractivity contribution in [3.8, 4) is 0 Å². The summed E-state index contributed by atoms with van der Waals surface area (Å²) in [7, 11) is 0. The van der Waals surface area contributed by atoms with Gasteiger partial charge in [-0.05, 0) is 60.3 Å². The molecule has 1 heterocycles. The molecule has 3 rings (SSSR count). The summed E-state index contributed by atoms with van der Waals surface area (Å²) in [6.07, 6.45) is 7.21. The summed E-state index contributed by atoms with van der Waals surface area (Å²) in [5.74, 6) is -0.882. The van der Waals surface area contributed by atoms with E-state index in [1.807, 2.05) is 6.20 Å². The van der Waals surface area contributed by atoms with Gasteiger partial charge in [-0.1, -0.05) is 44.5 Å². The van der Waals surface area contributed by atoms with Gasteiger partial charge in [0.05, 0.1) is 6.42 Å². The van der Waals surface area contributed by atoms with E-state index in [1.54, 1.807) is 4.90 Å². The molecule has 1 fully saturated rings. The van der Waals surface area contributed by atoms with E-state index in [9.17, 15) is 9.59 Å². The molecule has 1 unspecified atom stereocenters. The van der Waals surface area contributed by atoms with E-state index < -0.39 is 5.97 Å². The lowest BCUT2D eigenvalue weighted by atomic mass is 9.71. The summed E-state index contributed by atoms with van der Waals surface area (Å²) in [6, 6.07) is 6.32. The summed E-state index contributed by atoms with van der Waals surface area (Å²) >= 11 is 6.63. The van der Waals surface area contributed by atoms with Gasteiger partial charge in [0.15, 0.2) is 0 Å². The number of hydrogen-bond donors (Lipinski definition) is 1. The zero-order valence-electron chi connectivity index (χ0n) is 17.1. The Balaban J connectivity index is 1.86. The third kappa shape index (κ3) is 4.43. The smallest absolute Gasteiger partial charge is 0.305 e. The van der Waals surface area contributed by atoms with E-state index in [0.29, 0.717) is 6.42 Å². The summed E-state index contributed by atoms with van der Waals surface area (Å²) in [5.41, 5.74) is 3.49. The number of carbonyl (C=O) groups excluding carboxylic acids is 1. The first-order valence-corrected chi connectivity index (χ1v) is 10.5. The largest absolute Gasteiger partial charge is 0.481 e. The predicted octanol–water partition coefficient (Wildman–Crippen LogP) is 5.33. The maximum atomic E-state index is 12.7. The molecule has 1 aromatic rings. The Kier molecular flexibility index (Phi) is 5.90. The second-order valence-electron chi connectivity index (χ2n) is 9.36. The molecule has 0 bridgehead atoms. The summed E-state index contributed by atoms with van der Waals surface area (Å²) < 4.78 is 0. The van der Waals surface area contributed by atoms with Crippen molar-refractivity contribution in [2.24, 2.45) is 5.41 Å². The number of hydrogen-bond acceptors (Lipinski definition) is 2. The average Bonchev–Trinajstić information content (AvgIpc) is 3.01. The molecule has 0 saturated heterocycles. The van der Waals surface area contributed by atoms with Crippen LogP contribution in [0.25, 0.3) is 0 Å². The van der Waals surface area contributed by atoms with Crippen molar-refractivity contribution in [1.82, 2.24) is 4.90 Å². The molecule has 1 saturated carbocycles. The molecule has 1 N–H and O–H groups in total. The van der Waals surface area contributed by atoms with Gasteiger partial charge < -0.3 is 10.0 Å². The van der Waals surface area contributed by atoms with Crippen molar-refractivity contribution < 1.29 is 14.7 Å². The molecular weight excluding hydrogens is 374 g/mol. The van der Waals surface area contributed by atoms with Crippen LogP contribution in [-0.4, -0.2) is 28.4 Å². The highest BCUT2D eigenvalue weighted by Crippen LogP contribution is 2.51. The lowest BCUT2D eigenvalue weighted by Gasteiger charge is -2.38. The van der Waals surface area contributed by atoms with Crippen molar-refractivity contribution in [3.05, 3.63) is 46.1 Å². The zero-order valence-corrected chi connectivity index (χ0v) is 17.8. The molecular formula is C23H30ClNO3. The standard InChI is InChI=1S/C23H30ClNO3/c1-22(2,3)11-8-16-6-7-17(13-19(16)24)23-10-4-5-18(23)15-25(20(26)14-23)12-9-21(27)28/h6-7,13,15H,4-5,8-12,14H2,1-3H3,(H,27,28). The van der Waals surface area contributed by atoms with E-state index >= 15 is 0 Å². The highest BCUT2D eigenvalue weighted by atomic mass is 35.5. The minimum atomic E-state index is -0.882. The molecule has 1 aliphatic heterocycles. The van der Waals surface area contributed by atoms with Gasteiger partial charge in [0.1, 0.15) is 0 Å². The second-order valence-corrected chi connectivity index (χ2v) is 9.77. The van der Waals surface area contributed by atoms with Crippen LogP contribution in [0.4, 0.5) is 0 Å². The Morgan fingerprint density at radius 3 is 2.71 bits per heavy atom. The first kappa shape index (κ1) is 20.9. The summed E-state index contributed by atoms with van der Waals surface area (Å²) in [5, 5.41) is 9.70. The number of amides is 1. The van der Waals surface area contributed by atoms with Crippen molar-refractivity contribution in [3.63, 3.8) is 0 Å². The van der Waals surface area contributed by atoms with Crippen LogP contribution in [0, 0.1) is 5.41 Å². The molecule has 1 aromatic carbocycles. The number of benzene rings is 1. The molecule has 28 heavy (non-hydrogen) atoms. The maximum absolute atomic E-state index is 12.7. The number of carbonyl (C=O) groups is 2. The number of carboxylic acid groups (broad SMARTS) is 1. The zero-order chi connectivity index (χ0) is 20.5. The average molecular weight is 404 g/mol. The minimum Gasteiger partial charge on any atom is -0.481 e. The van der Waals surface area contributed by atoms with Gasteiger partial charge in [-0.3, -0.25) is 9.59 Å². The first-order chi connectivity index (χ1) is 13.1. The highest BCUT2D eigenvalue weighted by molar-refractivity contribution is 6.31. The molecule has 1 atom stereocenters. The maximum Gasteiger partial charge on any atom is 0.305 e. The van der Waals surface area contributed by atoms with Gasteiger partial charge in [-0.25, -0.2) is 0 Å². The fourth-order valence-corrected chi connectivity index (χ4v) is 4.66. The Labute approximate surface area is 172 Å². The van der Waals surface area contributed by atoms with Crippen molar-refractivity contribution in [2.45, 2.75) is 71.1 Å². The SMILES string of the molecule is CC(C)(C)CCc1ccc(C23CCCC2=CN(CCC(=O)O)C(=O)C3)cc1Cl. The Hall–Kier alpha value is -1.81. The number of fused-ring (bicyclic) bond motifs is 1. The van der Waals surface area contributed by atoms with Crippen LogP contribution < -0.4 is 0 Å². The number of aliphatic carboxylic acids is 1. The van der Waals surface area contributed by atoms with E-state index in [2.05, 4.69) is 39.0 Å². The number of nitrogens with zero attached hydrogens (tertiary/aromatic N) is 1.